The number of carboxylic acid groups (broad SMARTS) is 1. The minimum absolute atomic E-state index is 0.104. The number of aliphatic carboxylic acids is 1. The number of Topliss-reactive ketones (excluding diaryl/α,β-unsaturated/α-hetero) is 1. The third-order valence-corrected chi connectivity index (χ3v) is 13.9. The zero-order valence-corrected chi connectivity index (χ0v) is 47.4. The Kier molecular flexibility index (Phi) is 30.5. The number of ketones is 1. The molecular formula is C60H82FN11O13. The van der Waals surface area contributed by atoms with Crippen molar-refractivity contribution in [3.8, 4) is 0 Å². The van der Waals surface area contributed by atoms with Crippen LogP contribution in [-0.2, 0) is 58.3 Å². The molecule has 2 saturated heterocycles. The molecule has 0 radical (unpaired) electrons. The van der Waals surface area contributed by atoms with Crippen LogP contribution in [0.25, 0.3) is 0 Å². The summed E-state index contributed by atoms with van der Waals surface area (Å²) in [6.45, 7) is 6.59. The first-order valence-corrected chi connectivity index (χ1v) is 27.8. The highest BCUT2D eigenvalue weighted by Crippen LogP contribution is 2.28. The van der Waals surface area contributed by atoms with Crippen LogP contribution in [-0.4, -0.2) is 222 Å². The van der Waals surface area contributed by atoms with Gasteiger partial charge in [0.1, 0.15) is 36.3 Å². The lowest BCUT2D eigenvalue weighted by molar-refractivity contribution is -0.269. The van der Waals surface area contributed by atoms with Gasteiger partial charge in [-0.05, 0) is 72.8 Å². The zero-order chi connectivity index (χ0) is 62.1. The molecule has 0 aromatic carbocycles. The number of aromatic nitrogens is 6. The summed E-state index contributed by atoms with van der Waals surface area (Å²) in [6.07, 6.45) is 0.633. The van der Waals surface area contributed by atoms with Gasteiger partial charge in [-0.15, -0.1) is 0 Å². The smallest absolute Gasteiger partial charge is 0.304 e. The molecule has 25 heteroatoms. The number of carboxylic acids is 1. The van der Waals surface area contributed by atoms with E-state index in [0.717, 1.165) is 47.3 Å². The highest BCUT2D eigenvalue weighted by molar-refractivity contribution is 5.79. The van der Waals surface area contributed by atoms with Crippen LogP contribution >= 0.6 is 0 Å². The molecule has 0 amide bonds. The fourth-order valence-corrected chi connectivity index (χ4v) is 9.25. The van der Waals surface area contributed by atoms with Crippen molar-refractivity contribution in [3.05, 3.63) is 181 Å². The van der Waals surface area contributed by atoms with Crippen molar-refractivity contribution in [2.45, 2.75) is 114 Å². The van der Waals surface area contributed by atoms with Gasteiger partial charge < -0.3 is 61.2 Å². The number of nitrogens with zero attached hydrogens (tertiary/aromatic N) is 10. The number of alkyl halides is 1. The Morgan fingerprint density at radius 3 is 1.11 bits per heavy atom. The average Bonchev–Trinajstić information content (AvgIpc) is 2.85. The minimum Gasteiger partial charge on any atom is -0.481 e. The van der Waals surface area contributed by atoms with Crippen molar-refractivity contribution in [3.63, 3.8) is 0 Å². The van der Waals surface area contributed by atoms with Crippen LogP contribution in [0.1, 0.15) is 54.8 Å². The number of halogens is 1. The molecule has 0 saturated carbocycles. The summed E-state index contributed by atoms with van der Waals surface area (Å²) >= 11 is 0. The van der Waals surface area contributed by atoms with Gasteiger partial charge in [0.15, 0.2) is 12.6 Å². The molecule has 24 nitrogen and oxygen atoms in total. The van der Waals surface area contributed by atoms with Gasteiger partial charge in [-0.3, -0.25) is 63.5 Å². The van der Waals surface area contributed by atoms with Crippen LogP contribution in [0.4, 0.5) is 4.39 Å². The van der Waals surface area contributed by atoms with Crippen LogP contribution in [0.3, 0.4) is 0 Å². The van der Waals surface area contributed by atoms with Crippen molar-refractivity contribution in [2.75, 3.05) is 59.6 Å². The molecule has 0 bridgehead atoms. The van der Waals surface area contributed by atoms with E-state index in [1.807, 2.05) is 109 Å². The maximum Gasteiger partial charge on any atom is 0.304 e. The molecule has 0 aliphatic carbocycles. The first-order valence-electron chi connectivity index (χ1n) is 28.6. The quantitative estimate of drug-likeness (QED) is 0.0327. The van der Waals surface area contributed by atoms with E-state index >= 15 is 0 Å². The summed E-state index contributed by atoms with van der Waals surface area (Å²) in [6, 6.07) is 34.0. The van der Waals surface area contributed by atoms with E-state index in [1.165, 1.54) is 0 Å². The van der Waals surface area contributed by atoms with Crippen LogP contribution < -0.4 is 5.73 Å². The highest BCUT2D eigenvalue weighted by Gasteiger charge is 2.44. The zero-order valence-electron chi connectivity index (χ0n) is 48.4. The van der Waals surface area contributed by atoms with Crippen LogP contribution in [0, 0.1) is 5.92 Å². The number of pyridine rings is 6. The van der Waals surface area contributed by atoms with Gasteiger partial charge in [-0.1, -0.05) is 36.4 Å². The number of rotatable bonds is 28. The monoisotopic (exact) mass is 1180 g/mol. The topological polar surface area (TPSA) is 351 Å². The highest BCUT2D eigenvalue weighted by atomic mass is 19.1. The van der Waals surface area contributed by atoms with Crippen molar-refractivity contribution in [2.24, 2.45) is 11.7 Å². The standard InChI is InChI=1S/C30H39N5O6.C23H27N5O2.C6H13NO5.CH3F/c36-21-27-29(39)28(38)26(30(40)41-27)17-25(37)10-14-34(18-22-7-1-4-11-31-22)15-16-35(19-23-8-2-5-12-32-23)20-24-9-3-6-13-33-24;29-23(30)10-14-27(17-20-7-1-4-11-24-20)15-16-28(18-21-8-2-5-12-25-21)19-22-9-3-6-13-26-22;7-3-5(10)4(9)2(1-8)12-6(3)11;1-2/h1-9,11-13,26-30,36,38-40H,10,14-21H2;1-9,11-13H,10,14-19H2,(H,29,30);2-6,8-11H,1,7H2;1H3/t26-,27-,28-,29-,30+;;2?,3?,4-,5-,6+;/m1.1./s1/i;;;1D. The van der Waals surface area contributed by atoms with Gasteiger partial charge in [0.2, 0.25) is 0 Å². The normalized spacial score (nSPS) is 22.1. The number of carbonyl (C=O) groups excluding carboxylic acids is 1. The Morgan fingerprint density at radius 2 is 0.788 bits per heavy atom. The largest absolute Gasteiger partial charge is 0.481 e. The van der Waals surface area contributed by atoms with E-state index in [-0.39, 0.29) is 25.0 Å². The predicted molar refractivity (Wildman–Crippen MR) is 309 cm³/mol. The maximum absolute atomic E-state index is 13.0. The van der Waals surface area contributed by atoms with Gasteiger partial charge in [0.05, 0.1) is 74.5 Å². The maximum atomic E-state index is 13.0. The number of hydrogen-bond acceptors (Lipinski definition) is 23. The summed E-state index contributed by atoms with van der Waals surface area (Å²) in [5, 5.41) is 85.4. The summed E-state index contributed by atoms with van der Waals surface area (Å²) in [7, 11) is -1.00. The number of ether oxygens (including phenoxy) is 2. The lowest BCUT2D eigenvalue weighted by atomic mass is 9.86. The Balaban J connectivity index is 0.000000260. The van der Waals surface area contributed by atoms with Crippen molar-refractivity contribution in [1.82, 2.24) is 49.5 Å². The summed E-state index contributed by atoms with van der Waals surface area (Å²) in [4.78, 5) is 59.6. The number of hydrogen-bond donors (Lipinski definition) is 10. The first kappa shape index (κ1) is 67.5. The number of aliphatic hydroxyl groups excluding tert-OH is 8. The van der Waals surface area contributed by atoms with Crippen LogP contribution in [0.15, 0.2) is 146 Å². The molecule has 8 heterocycles. The Hall–Kier alpha value is -6.63. The molecule has 6 aromatic heterocycles. The van der Waals surface area contributed by atoms with E-state index in [4.69, 9.17) is 31.9 Å². The average molecular weight is 1190 g/mol. The van der Waals surface area contributed by atoms with E-state index in [1.54, 1.807) is 37.2 Å². The van der Waals surface area contributed by atoms with Crippen molar-refractivity contribution >= 4 is 11.8 Å². The summed E-state index contributed by atoms with van der Waals surface area (Å²) in [5.74, 6) is -1.94. The van der Waals surface area contributed by atoms with Gasteiger partial charge in [-0.25, -0.2) is 0 Å². The van der Waals surface area contributed by atoms with E-state index in [0.29, 0.717) is 65.4 Å². The minimum atomic E-state index is -1.45. The van der Waals surface area contributed by atoms with Crippen LogP contribution in [0.2, 0.25) is 0 Å². The van der Waals surface area contributed by atoms with Gasteiger partial charge in [-0.2, -0.15) is 0 Å². The fourth-order valence-electron chi connectivity index (χ4n) is 9.25. The van der Waals surface area contributed by atoms with Crippen molar-refractivity contribution in [1.29, 1.82) is 0 Å². The molecule has 2 unspecified atom stereocenters. The molecule has 462 valence electrons. The second kappa shape index (κ2) is 38.4. The molecule has 11 N–H and O–H groups in total. The Labute approximate surface area is 496 Å². The second-order valence-electron chi connectivity index (χ2n) is 20.2. The molecule has 6 aromatic rings. The van der Waals surface area contributed by atoms with E-state index in [2.05, 4.69) is 49.5 Å². The Bertz CT molecular complexity index is 2660. The summed E-state index contributed by atoms with van der Waals surface area (Å²) in [5.41, 5.74) is 11.0. The van der Waals surface area contributed by atoms with E-state index < -0.39 is 87.5 Å². The molecule has 2 aliphatic rings. The molecular weight excluding hydrogens is 1100 g/mol. The molecule has 10 atom stereocenters. The third-order valence-electron chi connectivity index (χ3n) is 13.9. The lowest BCUT2D eigenvalue weighted by Gasteiger charge is -2.40. The number of aliphatic hydroxyl groups is 8. The number of nitrogens with two attached hydrogens (primary N) is 1. The van der Waals surface area contributed by atoms with Gasteiger partial charge in [0.25, 0.3) is 0 Å². The Morgan fingerprint density at radius 1 is 0.482 bits per heavy atom. The van der Waals surface area contributed by atoms with Crippen LogP contribution in [0.5, 0.6) is 0 Å². The van der Waals surface area contributed by atoms with Gasteiger partial charge >= 0.3 is 5.97 Å². The molecule has 2 fully saturated rings. The molecule has 2 aliphatic heterocycles. The first-order chi connectivity index (χ1) is 41.6. The second-order valence-corrected chi connectivity index (χ2v) is 20.2. The molecule has 8 rings (SSSR count). The molecule has 0 spiro atoms. The predicted octanol–water partition coefficient (Wildman–Crippen LogP) is 0.954. The van der Waals surface area contributed by atoms with E-state index in [9.17, 15) is 44.6 Å². The van der Waals surface area contributed by atoms with Gasteiger partial charge in [0, 0.05) is 134 Å². The summed E-state index contributed by atoms with van der Waals surface area (Å²) < 4.78 is 25.4. The van der Waals surface area contributed by atoms with Crippen molar-refractivity contribution < 1.29 is 70.8 Å². The SMILES string of the molecule is NC1[C@@H](O)[C@H](O)C(CO)O[C@@H]1O.O=C(CCN(CCN(Cc1ccccn1)Cc1ccccn1)Cc1ccccn1)C[C@@H]1[C@@H](O)[C@H](O)[C@@H](CO)O[C@@H]1O.O=C(O)CCN(CCN(Cc1ccccn1)Cc1ccccn1)Cc1ccccn1.[2H]CF. The fraction of sp³-hybridized carbons (Fsp3) is 0.467. The lowest BCUT2D eigenvalue weighted by Crippen LogP contribution is -2.61. The molecule has 85 heavy (non-hydrogen) atoms. The third kappa shape index (κ3) is 24.7. The number of carbonyl (C=O) groups is 2.